The fraction of sp³-hybridized carbons (Fsp3) is 1.00. The lowest BCUT2D eigenvalue weighted by Gasteiger charge is -2.35. The van der Waals surface area contributed by atoms with Crippen LogP contribution in [0.15, 0.2) is 0 Å². The van der Waals surface area contributed by atoms with Crippen molar-refractivity contribution >= 4 is 0 Å². The molecule has 110 valence electrons. The number of rotatable bonds is 10. The van der Waals surface area contributed by atoms with Gasteiger partial charge in [0, 0.05) is 6.04 Å². The molecule has 0 rings (SSSR count). The Balaban J connectivity index is 4.21. The van der Waals surface area contributed by atoms with Crippen LogP contribution in [0.2, 0.25) is 0 Å². The Hall–Kier alpha value is -0.0400. The minimum absolute atomic E-state index is 0.350. The van der Waals surface area contributed by atoms with E-state index in [9.17, 15) is 0 Å². The molecule has 0 fully saturated rings. The van der Waals surface area contributed by atoms with E-state index >= 15 is 0 Å². The van der Waals surface area contributed by atoms with Gasteiger partial charge >= 0.3 is 0 Å². The van der Waals surface area contributed by atoms with Crippen molar-refractivity contribution in [3.05, 3.63) is 0 Å². The van der Waals surface area contributed by atoms with E-state index in [-0.39, 0.29) is 0 Å². The number of nitrogens with two attached hydrogens (primary N) is 1. The predicted molar refractivity (Wildman–Crippen MR) is 83.8 cm³/mol. The van der Waals surface area contributed by atoms with E-state index in [2.05, 4.69) is 41.5 Å². The van der Waals surface area contributed by atoms with Crippen molar-refractivity contribution in [1.29, 1.82) is 0 Å². The van der Waals surface area contributed by atoms with Gasteiger partial charge in [-0.25, -0.2) is 0 Å². The maximum absolute atomic E-state index is 6.30. The Bertz CT molecular complexity index is 202. The van der Waals surface area contributed by atoms with Gasteiger partial charge in [0.05, 0.1) is 0 Å². The summed E-state index contributed by atoms with van der Waals surface area (Å²) in [5, 5.41) is 0. The summed E-state index contributed by atoms with van der Waals surface area (Å²) in [5.74, 6) is 1.79. The molecular weight excluding hydrogens is 218 g/mol. The molecule has 1 nitrogen and oxygen atoms in total. The van der Waals surface area contributed by atoms with Crippen LogP contribution in [-0.2, 0) is 0 Å². The normalized spacial score (nSPS) is 20.2. The van der Waals surface area contributed by atoms with Crippen molar-refractivity contribution in [3.63, 3.8) is 0 Å². The Morgan fingerprint density at radius 3 is 2.00 bits per heavy atom. The maximum atomic E-state index is 6.30. The second-order valence-corrected chi connectivity index (χ2v) is 6.47. The monoisotopic (exact) mass is 255 g/mol. The van der Waals surface area contributed by atoms with Crippen molar-refractivity contribution in [2.45, 2.75) is 92.5 Å². The third-order valence-corrected chi connectivity index (χ3v) is 5.44. The Morgan fingerprint density at radius 1 is 1.00 bits per heavy atom. The Kier molecular flexibility index (Phi) is 8.94. The van der Waals surface area contributed by atoms with Gasteiger partial charge in [-0.2, -0.15) is 0 Å². The van der Waals surface area contributed by atoms with E-state index in [1.54, 1.807) is 0 Å². The van der Waals surface area contributed by atoms with Gasteiger partial charge in [0.1, 0.15) is 0 Å². The van der Waals surface area contributed by atoms with E-state index < -0.39 is 0 Å². The highest BCUT2D eigenvalue weighted by molar-refractivity contribution is 4.83. The van der Waals surface area contributed by atoms with Crippen molar-refractivity contribution < 1.29 is 0 Å². The molecule has 0 saturated carbocycles. The van der Waals surface area contributed by atoms with Gasteiger partial charge in [-0.3, -0.25) is 0 Å². The lowest BCUT2D eigenvalue weighted by atomic mass is 9.74. The molecule has 0 aromatic heterocycles. The molecule has 0 aromatic carbocycles. The van der Waals surface area contributed by atoms with Crippen LogP contribution in [-0.4, -0.2) is 6.04 Å². The van der Waals surface area contributed by atoms with Crippen LogP contribution in [0.3, 0.4) is 0 Å². The van der Waals surface area contributed by atoms with Gasteiger partial charge in [-0.1, -0.05) is 67.2 Å². The topological polar surface area (TPSA) is 26.0 Å². The lowest BCUT2D eigenvalue weighted by Crippen LogP contribution is -2.38. The SMILES string of the molecule is CCC(C)C(CC)CCCC(C)(CC)C(N)CC. The number of hydrogen-bond donors (Lipinski definition) is 1. The quantitative estimate of drug-likeness (QED) is 0.557. The van der Waals surface area contributed by atoms with E-state index in [0.29, 0.717) is 11.5 Å². The molecule has 4 unspecified atom stereocenters. The third-order valence-electron chi connectivity index (χ3n) is 5.44. The smallest absolute Gasteiger partial charge is 0.00901 e. The molecule has 2 N–H and O–H groups in total. The van der Waals surface area contributed by atoms with E-state index in [4.69, 9.17) is 5.73 Å². The second-order valence-electron chi connectivity index (χ2n) is 6.47. The van der Waals surface area contributed by atoms with Crippen LogP contribution in [0, 0.1) is 17.3 Å². The Labute approximate surface area is 116 Å². The first-order valence-electron chi connectivity index (χ1n) is 8.20. The van der Waals surface area contributed by atoms with Gasteiger partial charge in [0.25, 0.3) is 0 Å². The van der Waals surface area contributed by atoms with Gasteiger partial charge < -0.3 is 5.73 Å². The molecule has 1 heteroatoms. The fourth-order valence-corrected chi connectivity index (χ4v) is 3.11. The average molecular weight is 255 g/mol. The summed E-state index contributed by atoms with van der Waals surface area (Å²) in [6, 6.07) is 0.367. The molecule has 0 heterocycles. The average Bonchev–Trinajstić information content (AvgIpc) is 2.41. The zero-order valence-corrected chi connectivity index (χ0v) is 13.8. The molecule has 0 aliphatic rings. The molecule has 0 aliphatic heterocycles. The van der Waals surface area contributed by atoms with Crippen molar-refractivity contribution in [3.8, 4) is 0 Å². The minimum atomic E-state index is 0.350. The standard InChI is InChI=1S/C17H37N/c1-7-14(5)15(8-2)12-11-13-17(6,10-4)16(18)9-3/h14-16H,7-13,18H2,1-6H3. The summed E-state index contributed by atoms with van der Waals surface area (Å²) in [7, 11) is 0. The highest BCUT2D eigenvalue weighted by atomic mass is 14.7. The summed E-state index contributed by atoms with van der Waals surface area (Å²) < 4.78 is 0. The first-order valence-corrected chi connectivity index (χ1v) is 8.20. The van der Waals surface area contributed by atoms with Gasteiger partial charge in [0.2, 0.25) is 0 Å². The summed E-state index contributed by atoms with van der Waals surface area (Å²) in [5.41, 5.74) is 6.65. The summed E-state index contributed by atoms with van der Waals surface area (Å²) in [6.45, 7) is 14.0. The Morgan fingerprint density at radius 2 is 1.61 bits per heavy atom. The molecule has 0 aromatic rings. The molecule has 0 radical (unpaired) electrons. The second kappa shape index (κ2) is 8.96. The van der Waals surface area contributed by atoms with E-state index in [1.807, 2.05) is 0 Å². The zero-order chi connectivity index (χ0) is 14.2. The van der Waals surface area contributed by atoms with Crippen molar-refractivity contribution in [2.24, 2.45) is 23.0 Å². The molecule has 0 bridgehead atoms. The summed E-state index contributed by atoms with van der Waals surface area (Å²) in [4.78, 5) is 0. The first kappa shape index (κ1) is 18.0. The summed E-state index contributed by atoms with van der Waals surface area (Å²) in [6.07, 6.45) is 8.99. The lowest BCUT2D eigenvalue weighted by molar-refractivity contribution is 0.197. The molecule has 0 amide bonds. The third kappa shape index (κ3) is 5.30. The highest BCUT2D eigenvalue weighted by Crippen LogP contribution is 2.34. The summed E-state index contributed by atoms with van der Waals surface area (Å²) >= 11 is 0. The molecular formula is C17H37N. The minimum Gasteiger partial charge on any atom is -0.327 e. The van der Waals surface area contributed by atoms with Crippen LogP contribution in [0.5, 0.6) is 0 Å². The van der Waals surface area contributed by atoms with Crippen molar-refractivity contribution in [1.82, 2.24) is 0 Å². The predicted octanol–water partition coefficient (Wildman–Crippen LogP) is 5.38. The van der Waals surface area contributed by atoms with Crippen LogP contribution in [0.1, 0.15) is 86.5 Å². The van der Waals surface area contributed by atoms with Gasteiger partial charge in [-0.15, -0.1) is 0 Å². The molecule has 0 aliphatic carbocycles. The molecule has 4 atom stereocenters. The van der Waals surface area contributed by atoms with E-state index in [1.165, 1.54) is 38.5 Å². The largest absolute Gasteiger partial charge is 0.327 e. The van der Waals surface area contributed by atoms with Crippen LogP contribution < -0.4 is 5.73 Å². The maximum Gasteiger partial charge on any atom is 0.00901 e. The van der Waals surface area contributed by atoms with Gasteiger partial charge in [-0.05, 0) is 36.5 Å². The molecule has 18 heavy (non-hydrogen) atoms. The van der Waals surface area contributed by atoms with Crippen LogP contribution in [0.25, 0.3) is 0 Å². The molecule has 0 spiro atoms. The zero-order valence-electron chi connectivity index (χ0n) is 13.8. The van der Waals surface area contributed by atoms with E-state index in [0.717, 1.165) is 18.3 Å². The van der Waals surface area contributed by atoms with Gasteiger partial charge in [0.15, 0.2) is 0 Å². The van der Waals surface area contributed by atoms with Crippen molar-refractivity contribution in [2.75, 3.05) is 0 Å². The highest BCUT2D eigenvalue weighted by Gasteiger charge is 2.28. The van der Waals surface area contributed by atoms with Crippen LogP contribution in [0.4, 0.5) is 0 Å². The first-order chi connectivity index (χ1) is 8.45. The number of hydrogen-bond acceptors (Lipinski definition) is 1. The fourth-order valence-electron chi connectivity index (χ4n) is 3.11. The van der Waals surface area contributed by atoms with Crippen LogP contribution >= 0.6 is 0 Å². The molecule has 0 saturated heterocycles.